The first-order valence-electron chi connectivity index (χ1n) is 5.99. The van der Waals surface area contributed by atoms with Gasteiger partial charge >= 0.3 is 5.76 Å². The number of hydrogen-bond donors (Lipinski definition) is 1. The zero-order valence-corrected chi connectivity index (χ0v) is 10.9. The molecule has 1 N–H and O–H groups in total. The molecule has 0 fully saturated rings. The summed E-state index contributed by atoms with van der Waals surface area (Å²) in [5.41, 5.74) is 1.05. The Hall–Kier alpha value is -2.08. The third-order valence-electron chi connectivity index (χ3n) is 2.83. The highest BCUT2D eigenvalue weighted by molar-refractivity contribution is 5.79. The number of aliphatic hydroxyl groups excluding tert-OH is 1. The van der Waals surface area contributed by atoms with Crippen molar-refractivity contribution in [1.29, 1.82) is 0 Å². The quantitative estimate of drug-likeness (QED) is 0.869. The number of nitrogens with zero attached hydrogens (tertiary/aromatic N) is 2. The Balaban J connectivity index is 2.24. The molecule has 1 heterocycles. The van der Waals surface area contributed by atoms with E-state index in [1.165, 1.54) is 9.47 Å². The van der Waals surface area contributed by atoms with Crippen LogP contribution in [0.5, 0.6) is 0 Å². The number of carbonyl (C=O) groups is 1. The lowest BCUT2D eigenvalue weighted by molar-refractivity contribution is -0.131. The van der Waals surface area contributed by atoms with Crippen molar-refractivity contribution in [2.75, 3.05) is 13.6 Å². The molecule has 1 atom stereocenters. The molecule has 0 saturated heterocycles. The van der Waals surface area contributed by atoms with Crippen molar-refractivity contribution in [2.45, 2.75) is 19.6 Å². The van der Waals surface area contributed by atoms with E-state index in [0.717, 1.165) is 0 Å². The summed E-state index contributed by atoms with van der Waals surface area (Å²) in [7, 11) is 1.59. The van der Waals surface area contributed by atoms with Gasteiger partial charge in [0.05, 0.1) is 11.6 Å². The molecule has 1 aromatic carbocycles. The fourth-order valence-corrected chi connectivity index (χ4v) is 1.92. The maximum absolute atomic E-state index is 12.0. The lowest BCUT2D eigenvalue weighted by Gasteiger charge is -2.18. The Morgan fingerprint density at radius 3 is 2.84 bits per heavy atom. The van der Waals surface area contributed by atoms with Gasteiger partial charge in [-0.3, -0.25) is 9.36 Å². The first kappa shape index (κ1) is 13.4. The molecule has 6 heteroatoms. The highest BCUT2D eigenvalue weighted by Gasteiger charge is 2.16. The number of benzene rings is 1. The van der Waals surface area contributed by atoms with E-state index in [0.29, 0.717) is 11.1 Å². The van der Waals surface area contributed by atoms with E-state index in [9.17, 15) is 14.7 Å². The third-order valence-corrected chi connectivity index (χ3v) is 2.83. The number of likely N-dealkylation sites (N-methyl/N-ethyl adjacent to an activating group) is 1. The van der Waals surface area contributed by atoms with Crippen molar-refractivity contribution in [1.82, 2.24) is 9.47 Å². The Labute approximate surface area is 109 Å². The molecular weight excluding hydrogens is 248 g/mol. The third kappa shape index (κ3) is 2.85. The van der Waals surface area contributed by atoms with Crippen LogP contribution in [0, 0.1) is 0 Å². The number of carbonyl (C=O) groups excluding carboxylic acids is 1. The first-order valence-corrected chi connectivity index (χ1v) is 5.99. The zero-order valence-electron chi connectivity index (χ0n) is 10.9. The summed E-state index contributed by atoms with van der Waals surface area (Å²) in [6.45, 7) is 1.73. The second kappa shape index (κ2) is 5.27. The van der Waals surface area contributed by atoms with Crippen molar-refractivity contribution >= 4 is 17.0 Å². The summed E-state index contributed by atoms with van der Waals surface area (Å²) < 4.78 is 6.34. The van der Waals surface area contributed by atoms with Gasteiger partial charge in [-0.1, -0.05) is 12.1 Å². The molecule has 0 radical (unpaired) electrons. The summed E-state index contributed by atoms with van der Waals surface area (Å²) in [4.78, 5) is 25.0. The smallest absolute Gasteiger partial charge is 0.408 e. The van der Waals surface area contributed by atoms with Crippen molar-refractivity contribution in [3.63, 3.8) is 0 Å². The minimum atomic E-state index is -0.605. The minimum Gasteiger partial charge on any atom is -0.408 e. The van der Waals surface area contributed by atoms with E-state index < -0.39 is 11.9 Å². The zero-order chi connectivity index (χ0) is 14.0. The number of aromatic nitrogens is 1. The number of fused-ring (bicyclic) bond motifs is 1. The van der Waals surface area contributed by atoms with Gasteiger partial charge in [-0.2, -0.15) is 0 Å². The summed E-state index contributed by atoms with van der Waals surface area (Å²) in [6, 6.07) is 6.94. The first-order chi connectivity index (χ1) is 8.99. The van der Waals surface area contributed by atoms with E-state index in [1.54, 1.807) is 38.2 Å². The van der Waals surface area contributed by atoms with Crippen LogP contribution in [0.25, 0.3) is 11.1 Å². The Kier molecular flexibility index (Phi) is 3.71. The topological polar surface area (TPSA) is 75.7 Å². The number of aliphatic hydroxyl groups is 1. The molecule has 2 aromatic rings. The summed E-state index contributed by atoms with van der Waals surface area (Å²) in [5, 5.41) is 9.24. The number of amides is 1. The summed E-state index contributed by atoms with van der Waals surface area (Å²) >= 11 is 0. The van der Waals surface area contributed by atoms with Gasteiger partial charge in [-0.25, -0.2) is 4.79 Å². The fourth-order valence-electron chi connectivity index (χ4n) is 1.92. The van der Waals surface area contributed by atoms with Crippen LogP contribution in [-0.2, 0) is 11.3 Å². The van der Waals surface area contributed by atoms with Crippen LogP contribution in [0.3, 0.4) is 0 Å². The van der Waals surface area contributed by atoms with Crippen molar-refractivity contribution < 1.29 is 14.3 Å². The van der Waals surface area contributed by atoms with Crippen LogP contribution in [0.1, 0.15) is 6.92 Å². The number of oxazole rings is 1. The molecule has 0 aliphatic heterocycles. The Morgan fingerprint density at radius 1 is 1.47 bits per heavy atom. The van der Waals surface area contributed by atoms with Crippen molar-refractivity contribution in [3.05, 3.63) is 34.8 Å². The molecular formula is C13H16N2O4. The van der Waals surface area contributed by atoms with E-state index in [1.807, 2.05) is 0 Å². The van der Waals surface area contributed by atoms with Crippen molar-refractivity contribution in [3.8, 4) is 0 Å². The molecule has 1 aromatic heterocycles. The van der Waals surface area contributed by atoms with Gasteiger partial charge in [0.15, 0.2) is 5.58 Å². The van der Waals surface area contributed by atoms with Gasteiger partial charge in [-0.05, 0) is 19.1 Å². The Bertz CT molecular complexity index is 641. The average molecular weight is 264 g/mol. The van der Waals surface area contributed by atoms with Crippen LogP contribution < -0.4 is 5.76 Å². The van der Waals surface area contributed by atoms with Crippen LogP contribution in [0.15, 0.2) is 33.5 Å². The van der Waals surface area contributed by atoms with Crippen LogP contribution in [-0.4, -0.2) is 40.2 Å². The van der Waals surface area contributed by atoms with Gasteiger partial charge in [0.2, 0.25) is 5.91 Å². The second-order valence-electron chi connectivity index (χ2n) is 4.55. The van der Waals surface area contributed by atoms with E-state index in [2.05, 4.69) is 0 Å². The predicted molar refractivity (Wildman–Crippen MR) is 69.8 cm³/mol. The van der Waals surface area contributed by atoms with E-state index in [4.69, 9.17) is 4.42 Å². The fraction of sp³-hybridized carbons (Fsp3) is 0.385. The van der Waals surface area contributed by atoms with Gasteiger partial charge in [0.25, 0.3) is 0 Å². The number of hydrogen-bond acceptors (Lipinski definition) is 4. The average Bonchev–Trinajstić information content (AvgIpc) is 2.65. The SMILES string of the molecule is CC(O)CN(C)C(=O)Cn1c(=O)oc2ccccc21. The highest BCUT2D eigenvalue weighted by Crippen LogP contribution is 2.11. The summed E-state index contributed by atoms with van der Waals surface area (Å²) in [5.74, 6) is -0.811. The van der Waals surface area contributed by atoms with Gasteiger partial charge in [0.1, 0.15) is 6.54 Å². The van der Waals surface area contributed by atoms with Crippen molar-refractivity contribution in [2.24, 2.45) is 0 Å². The van der Waals surface area contributed by atoms with Gasteiger partial charge in [-0.15, -0.1) is 0 Å². The molecule has 1 amide bonds. The second-order valence-corrected chi connectivity index (χ2v) is 4.55. The summed E-state index contributed by atoms with van der Waals surface area (Å²) in [6.07, 6.45) is -0.605. The minimum absolute atomic E-state index is 0.0981. The molecule has 0 aliphatic carbocycles. The molecule has 0 saturated carbocycles. The molecule has 0 spiro atoms. The van der Waals surface area contributed by atoms with Gasteiger partial charge < -0.3 is 14.4 Å². The van der Waals surface area contributed by atoms with Crippen LogP contribution >= 0.6 is 0 Å². The standard InChI is InChI=1S/C13H16N2O4/c1-9(16)7-14(2)12(17)8-15-10-5-3-4-6-11(10)19-13(15)18/h3-6,9,16H,7-8H2,1-2H3. The molecule has 6 nitrogen and oxygen atoms in total. The number of para-hydroxylation sites is 2. The van der Waals surface area contributed by atoms with E-state index >= 15 is 0 Å². The van der Waals surface area contributed by atoms with E-state index in [-0.39, 0.29) is 19.0 Å². The van der Waals surface area contributed by atoms with Gasteiger partial charge in [0, 0.05) is 13.6 Å². The highest BCUT2D eigenvalue weighted by atomic mass is 16.4. The predicted octanol–water partition coefficient (Wildman–Crippen LogP) is 0.434. The maximum atomic E-state index is 12.0. The molecule has 1 unspecified atom stereocenters. The molecule has 19 heavy (non-hydrogen) atoms. The van der Waals surface area contributed by atoms with Crippen LogP contribution in [0.4, 0.5) is 0 Å². The maximum Gasteiger partial charge on any atom is 0.420 e. The molecule has 0 aliphatic rings. The number of rotatable bonds is 4. The molecule has 2 rings (SSSR count). The lowest BCUT2D eigenvalue weighted by atomic mass is 10.3. The lowest BCUT2D eigenvalue weighted by Crippen LogP contribution is -2.36. The largest absolute Gasteiger partial charge is 0.420 e. The van der Waals surface area contributed by atoms with Crippen LogP contribution in [0.2, 0.25) is 0 Å². The normalized spacial score (nSPS) is 12.6. The monoisotopic (exact) mass is 264 g/mol. The molecule has 0 bridgehead atoms. The Morgan fingerprint density at radius 2 is 2.16 bits per heavy atom. The molecule has 102 valence electrons.